The number of rotatable bonds is 2. The summed E-state index contributed by atoms with van der Waals surface area (Å²) in [4.78, 5) is 12.3. The lowest BCUT2D eigenvalue weighted by Crippen LogP contribution is -2.00. The van der Waals surface area contributed by atoms with Crippen molar-refractivity contribution in [3.05, 3.63) is 70.1 Å². The molecule has 3 aromatic rings. The first-order valence-corrected chi connectivity index (χ1v) is 6.43. The molecule has 0 fully saturated rings. The van der Waals surface area contributed by atoms with E-state index in [1.54, 1.807) is 24.3 Å². The number of furan rings is 1. The lowest BCUT2D eigenvalue weighted by atomic mass is 10.1. The predicted molar refractivity (Wildman–Crippen MR) is 73.7 cm³/mol. The number of ketones is 1. The van der Waals surface area contributed by atoms with E-state index in [1.807, 2.05) is 6.07 Å². The van der Waals surface area contributed by atoms with Gasteiger partial charge >= 0.3 is 0 Å². The van der Waals surface area contributed by atoms with E-state index >= 15 is 0 Å². The molecule has 2 aromatic carbocycles. The first-order chi connectivity index (χ1) is 9.15. The summed E-state index contributed by atoms with van der Waals surface area (Å²) in [5.74, 6) is -0.384. The zero-order valence-electron chi connectivity index (χ0n) is 9.69. The van der Waals surface area contributed by atoms with Gasteiger partial charge in [0.25, 0.3) is 0 Å². The van der Waals surface area contributed by atoms with E-state index in [0.29, 0.717) is 21.0 Å². The van der Waals surface area contributed by atoms with Gasteiger partial charge in [0, 0.05) is 15.4 Å². The summed E-state index contributed by atoms with van der Waals surface area (Å²) in [6.45, 7) is 0. The third kappa shape index (κ3) is 2.19. The summed E-state index contributed by atoms with van der Waals surface area (Å²) in [6.07, 6.45) is 0. The van der Waals surface area contributed by atoms with Gasteiger partial charge in [-0.3, -0.25) is 4.79 Å². The van der Waals surface area contributed by atoms with E-state index in [1.165, 1.54) is 18.2 Å². The van der Waals surface area contributed by atoms with Crippen molar-refractivity contribution in [2.45, 2.75) is 0 Å². The second-order valence-electron chi connectivity index (χ2n) is 4.10. The Balaban J connectivity index is 2.09. The molecule has 0 aliphatic heterocycles. The molecule has 0 bridgehead atoms. The van der Waals surface area contributed by atoms with Gasteiger partial charge in [0.05, 0.1) is 0 Å². The summed E-state index contributed by atoms with van der Waals surface area (Å²) in [7, 11) is 0. The molecule has 0 amide bonds. The second kappa shape index (κ2) is 4.63. The molecule has 0 aliphatic carbocycles. The largest absolute Gasteiger partial charge is 0.453 e. The van der Waals surface area contributed by atoms with Gasteiger partial charge in [0.2, 0.25) is 5.78 Å². The smallest absolute Gasteiger partial charge is 0.229 e. The quantitative estimate of drug-likeness (QED) is 0.648. The van der Waals surface area contributed by atoms with Crippen LogP contribution in [0, 0.1) is 5.82 Å². The van der Waals surface area contributed by atoms with Crippen molar-refractivity contribution in [2.24, 2.45) is 0 Å². The number of benzene rings is 2. The van der Waals surface area contributed by atoms with E-state index in [0.717, 1.165) is 0 Å². The molecule has 94 valence electrons. The minimum atomic E-state index is -0.354. The lowest BCUT2D eigenvalue weighted by molar-refractivity contribution is 0.101. The minimum absolute atomic E-state index is 0.201. The Morgan fingerprint density at radius 2 is 1.89 bits per heavy atom. The predicted octanol–water partition coefficient (Wildman–Crippen LogP) is 4.57. The zero-order valence-corrected chi connectivity index (χ0v) is 11.3. The highest BCUT2D eigenvalue weighted by atomic mass is 79.9. The number of hydrogen-bond donors (Lipinski definition) is 0. The number of halogens is 2. The fraction of sp³-hybridized carbons (Fsp3) is 0. The molecule has 0 radical (unpaired) electrons. The molecule has 0 aliphatic rings. The van der Waals surface area contributed by atoms with Crippen LogP contribution in [0.15, 0.2) is 57.4 Å². The van der Waals surface area contributed by atoms with Crippen LogP contribution in [0.5, 0.6) is 0 Å². The van der Waals surface area contributed by atoms with E-state index in [9.17, 15) is 9.18 Å². The molecular formula is C15H8BrFO2. The Bertz CT molecular complexity index is 777. The molecule has 2 nitrogen and oxygen atoms in total. The van der Waals surface area contributed by atoms with Crippen LogP contribution in [0.25, 0.3) is 11.0 Å². The number of hydrogen-bond acceptors (Lipinski definition) is 2. The monoisotopic (exact) mass is 318 g/mol. The first kappa shape index (κ1) is 12.1. The van der Waals surface area contributed by atoms with Crippen molar-refractivity contribution in [2.75, 3.05) is 0 Å². The zero-order chi connectivity index (χ0) is 13.4. The molecule has 0 saturated carbocycles. The van der Waals surface area contributed by atoms with Crippen molar-refractivity contribution < 1.29 is 13.6 Å². The summed E-state index contributed by atoms with van der Waals surface area (Å²) >= 11 is 3.33. The first-order valence-electron chi connectivity index (χ1n) is 5.63. The Labute approximate surface area is 117 Å². The van der Waals surface area contributed by atoms with Gasteiger partial charge in [0.1, 0.15) is 11.4 Å². The molecular weight excluding hydrogens is 311 g/mol. The lowest BCUT2D eigenvalue weighted by Gasteiger charge is -1.99. The van der Waals surface area contributed by atoms with Gasteiger partial charge in [-0.2, -0.15) is 0 Å². The third-order valence-corrected chi connectivity index (χ3v) is 3.51. The van der Waals surface area contributed by atoms with Crippen LogP contribution < -0.4 is 0 Å². The van der Waals surface area contributed by atoms with Crippen LogP contribution in [0.1, 0.15) is 16.1 Å². The molecule has 4 heteroatoms. The van der Waals surface area contributed by atoms with E-state index in [2.05, 4.69) is 15.9 Å². The molecule has 1 aromatic heterocycles. The highest BCUT2D eigenvalue weighted by Crippen LogP contribution is 2.25. The Hall–Kier alpha value is -1.94. The molecule has 0 atom stereocenters. The highest BCUT2D eigenvalue weighted by molar-refractivity contribution is 9.10. The number of carbonyl (C=O) groups is 1. The van der Waals surface area contributed by atoms with E-state index < -0.39 is 0 Å². The van der Waals surface area contributed by atoms with Gasteiger partial charge in [0.15, 0.2) is 5.76 Å². The summed E-state index contributed by atoms with van der Waals surface area (Å²) < 4.78 is 19.3. The molecule has 0 unspecified atom stereocenters. The molecule has 1 heterocycles. The molecule has 0 saturated heterocycles. The van der Waals surface area contributed by atoms with Gasteiger partial charge in [-0.05, 0) is 36.4 Å². The van der Waals surface area contributed by atoms with Gasteiger partial charge in [-0.1, -0.05) is 28.1 Å². The molecule has 0 spiro atoms. The fourth-order valence-corrected chi connectivity index (χ4v) is 2.37. The molecule has 3 rings (SSSR count). The Kier molecular flexibility index (Phi) is 2.95. The van der Waals surface area contributed by atoms with Crippen molar-refractivity contribution in [3.8, 4) is 0 Å². The maximum absolute atomic E-state index is 13.1. The van der Waals surface area contributed by atoms with Gasteiger partial charge in [-0.15, -0.1) is 0 Å². The highest BCUT2D eigenvalue weighted by Gasteiger charge is 2.16. The van der Waals surface area contributed by atoms with Crippen LogP contribution in [-0.2, 0) is 0 Å². The fourth-order valence-electron chi connectivity index (χ4n) is 1.90. The Morgan fingerprint density at radius 1 is 1.11 bits per heavy atom. The molecule has 19 heavy (non-hydrogen) atoms. The van der Waals surface area contributed by atoms with Crippen LogP contribution in [-0.4, -0.2) is 5.78 Å². The van der Waals surface area contributed by atoms with Crippen LogP contribution in [0.4, 0.5) is 4.39 Å². The van der Waals surface area contributed by atoms with Crippen molar-refractivity contribution in [1.29, 1.82) is 0 Å². The SMILES string of the molecule is O=C(c1cc2cc(F)ccc2o1)c1ccccc1Br. The number of carbonyl (C=O) groups excluding carboxylic acids is 1. The maximum Gasteiger partial charge on any atom is 0.229 e. The normalized spacial score (nSPS) is 10.8. The summed E-state index contributed by atoms with van der Waals surface area (Å²) in [5.41, 5.74) is 1.01. The van der Waals surface area contributed by atoms with Crippen LogP contribution in [0.2, 0.25) is 0 Å². The third-order valence-electron chi connectivity index (χ3n) is 2.82. The standard InChI is InChI=1S/C15H8BrFO2/c16-12-4-2-1-3-11(12)15(18)14-8-9-7-10(17)5-6-13(9)19-14/h1-8H. The van der Waals surface area contributed by atoms with Crippen molar-refractivity contribution >= 4 is 32.7 Å². The van der Waals surface area contributed by atoms with Gasteiger partial charge in [-0.25, -0.2) is 4.39 Å². The minimum Gasteiger partial charge on any atom is -0.453 e. The Morgan fingerprint density at radius 3 is 2.68 bits per heavy atom. The van der Waals surface area contributed by atoms with Gasteiger partial charge < -0.3 is 4.42 Å². The van der Waals surface area contributed by atoms with E-state index in [-0.39, 0.29) is 17.4 Å². The van der Waals surface area contributed by atoms with Crippen molar-refractivity contribution in [3.63, 3.8) is 0 Å². The number of fused-ring (bicyclic) bond motifs is 1. The van der Waals surface area contributed by atoms with Crippen LogP contribution in [0.3, 0.4) is 0 Å². The molecule has 0 N–H and O–H groups in total. The maximum atomic E-state index is 13.1. The van der Waals surface area contributed by atoms with Crippen molar-refractivity contribution in [1.82, 2.24) is 0 Å². The topological polar surface area (TPSA) is 30.2 Å². The average molecular weight is 319 g/mol. The van der Waals surface area contributed by atoms with E-state index in [4.69, 9.17) is 4.42 Å². The second-order valence-corrected chi connectivity index (χ2v) is 4.96. The average Bonchev–Trinajstić information content (AvgIpc) is 2.81. The summed E-state index contributed by atoms with van der Waals surface area (Å²) in [6, 6.07) is 12.8. The summed E-state index contributed by atoms with van der Waals surface area (Å²) in [5, 5.41) is 0.579. The van der Waals surface area contributed by atoms with Crippen LogP contribution >= 0.6 is 15.9 Å².